The minimum absolute atomic E-state index is 0.0600. The molecular weight excluding hydrogens is 456 g/mol. The minimum Gasteiger partial charge on any atom is -0.454 e. The highest BCUT2D eigenvalue weighted by atomic mass is 32.2. The number of carbonyl (C=O) groups is 3. The van der Waals surface area contributed by atoms with Crippen molar-refractivity contribution in [1.29, 1.82) is 0 Å². The highest BCUT2D eigenvalue weighted by Gasteiger charge is 2.34. The number of hydrogen-bond donors (Lipinski definition) is 1. The van der Waals surface area contributed by atoms with Gasteiger partial charge in [0.05, 0.1) is 11.5 Å². The van der Waals surface area contributed by atoms with Gasteiger partial charge in [0.1, 0.15) is 6.54 Å². The number of unbranched alkanes of at least 4 members (excludes halogenated alkanes) is 1. The molecule has 2 aromatic rings. The van der Waals surface area contributed by atoms with E-state index in [1.807, 2.05) is 49.4 Å². The maximum Gasteiger partial charge on any atom is 0.325 e. The third-order valence-electron chi connectivity index (χ3n) is 5.73. The summed E-state index contributed by atoms with van der Waals surface area (Å²) < 4.78 is 28.6. The zero-order chi connectivity index (χ0) is 24.6. The van der Waals surface area contributed by atoms with Crippen LogP contribution in [0.3, 0.4) is 0 Å². The second-order valence-electron chi connectivity index (χ2n) is 8.28. The van der Waals surface area contributed by atoms with Gasteiger partial charge in [-0.05, 0) is 36.1 Å². The van der Waals surface area contributed by atoms with E-state index < -0.39 is 34.2 Å². The first-order chi connectivity index (χ1) is 16.3. The van der Waals surface area contributed by atoms with Crippen molar-refractivity contribution < 1.29 is 27.5 Å². The van der Waals surface area contributed by atoms with Gasteiger partial charge in [0, 0.05) is 18.2 Å². The molecule has 1 unspecified atom stereocenters. The van der Waals surface area contributed by atoms with Crippen LogP contribution in [0.2, 0.25) is 0 Å². The SMILES string of the molecule is CCCCN(C(=O)COC(=O)CNC(=O)c1ccc(-c2ccccc2)cc1)C1CCS(=O)(=O)C1. The number of sulfone groups is 1. The van der Waals surface area contributed by atoms with Crippen LogP contribution in [0.25, 0.3) is 11.1 Å². The fourth-order valence-corrected chi connectivity index (χ4v) is 5.57. The summed E-state index contributed by atoms with van der Waals surface area (Å²) >= 11 is 0. The minimum atomic E-state index is -3.14. The molecule has 0 bridgehead atoms. The van der Waals surface area contributed by atoms with Crippen LogP contribution in [0.1, 0.15) is 36.5 Å². The van der Waals surface area contributed by atoms with Crippen LogP contribution >= 0.6 is 0 Å². The van der Waals surface area contributed by atoms with E-state index in [9.17, 15) is 22.8 Å². The van der Waals surface area contributed by atoms with Gasteiger partial charge in [-0.3, -0.25) is 14.4 Å². The van der Waals surface area contributed by atoms with Gasteiger partial charge in [0.25, 0.3) is 11.8 Å². The van der Waals surface area contributed by atoms with Crippen molar-refractivity contribution in [1.82, 2.24) is 10.2 Å². The second kappa shape index (κ2) is 11.8. The molecule has 3 rings (SSSR count). The Balaban J connectivity index is 1.47. The van der Waals surface area contributed by atoms with Gasteiger partial charge < -0.3 is 15.0 Å². The molecule has 1 saturated heterocycles. The molecule has 1 heterocycles. The third kappa shape index (κ3) is 7.15. The number of hydrogen-bond acceptors (Lipinski definition) is 6. The zero-order valence-corrected chi connectivity index (χ0v) is 20.1. The number of esters is 1. The predicted octanol–water partition coefficient (Wildman–Crippen LogP) is 2.44. The molecule has 34 heavy (non-hydrogen) atoms. The lowest BCUT2D eigenvalue weighted by Crippen LogP contribution is -2.44. The van der Waals surface area contributed by atoms with Crippen LogP contribution in [-0.2, 0) is 24.2 Å². The van der Waals surface area contributed by atoms with Crippen molar-refractivity contribution in [2.75, 3.05) is 31.2 Å². The molecule has 9 heteroatoms. The molecule has 2 aromatic carbocycles. The Morgan fingerprint density at radius 1 is 1.03 bits per heavy atom. The summed E-state index contributed by atoms with van der Waals surface area (Å²) in [5.41, 5.74) is 2.40. The quantitative estimate of drug-likeness (QED) is 0.517. The van der Waals surface area contributed by atoms with Crippen molar-refractivity contribution >= 4 is 27.6 Å². The van der Waals surface area contributed by atoms with Crippen molar-refractivity contribution in [3.8, 4) is 11.1 Å². The molecule has 1 fully saturated rings. The Bertz CT molecular complexity index is 1100. The first-order valence-electron chi connectivity index (χ1n) is 11.4. The predicted molar refractivity (Wildman–Crippen MR) is 129 cm³/mol. The van der Waals surface area contributed by atoms with E-state index in [1.165, 1.54) is 4.90 Å². The molecule has 1 N–H and O–H groups in total. The van der Waals surface area contributed by atoms with Gasteiger partial charge in [0.15, 0.2) is 16.4 Å². The number of benzene rings is 2. The summed E-state index contributed by atoms with van der Waals surface area (Å²) in [6.07, 6.45) is 1.97. The molecule has 0 aliphatic carbocycles. The van der Waals surface area contributed by atoms with Gasteiger partial charge in [-0.1, -0.05) is 55.8 Å². The lowest BCUT2D eigenvalue weighted by Gasteiger charge is -2.28. The molecule has 0 aromatic heterocycles. The van der Waals surface area contributed by atoms with E-state index in [4.69, 9.17) is 4.74 Å². The van der Waals surface area contributed by atoms with Crippen LogP contribution < -0.4 is 5.32 Å². The fraction of sp³-hybridized carbons (Fsp3) is 0.400. The van der Waals surface area contributed by atoms with E-state index in [0.717, 1.165) is 24.0 Å². The summed E-state index contributed by atoms with van der Waals surface area (Å²) in [4.78, 5) is 38.6. The molecule has 1 atom stereocenters. The Morgan fingerprint density at radius 2 is 1.71 bits per heavy atom. The third-order valence-corrected chi connectivity index (χ3v) is 7.48. The van der Waals surface area contributed by atoms with Gasteiger partial charge in [-0.15, -0.1) is 0 Å². The molecule has 1 aliphatic heterocycles. The molecule has 0 saturated carbocycles. The summed E-state index contributed by atoms with van der Waals surface area (Å²) in [5, 5.41) is 2.49. The maximum absolute atomic E-state index is 12.6. The molecule has 182 valence electrons. The largest absolute Gasteiger partial charge is 0.454 e. The standard InChI is InChI=1S/C25H30N2O6S/c1-2-3-14-27(22-13-15-34(31,32)18-22)23(28)17-33-24(29)16-26-25(30)21-11-9-20(10-12-21)19-7-5-4-6-8-19/h4-12,22H,2-3,13-18H2,1H3,(H,26,30). The normalized spacial score (nSPS) is 16.6. The first-order valence-corrected chi connectivity index (χ1v) is 13.2. The Morgan fingerprint density at radius 3 is 2.32 bits per heavy atom. The molecular formula is C25H30N2O6S. The number of rotatable bonds is 10. The van der Waals surface area contributed by atoms with Gasteiger partial charge in [-0.2, -0.15) is 0 Å². The Labute approximate surface area is 200 Å². The number of nitrogens with zero attached hydrogens (tertiary/aromatic N) is 1. The number of amides is 2. The van der Waals surface area contributed by atoms with Crippen LogP contribution in [0.5, 0.6) is 0 Å². The van der Waals surface area contributed by atoms with Gasteiger partial charge in [0.2, 0.25) is 0 Å². The molecule has 0 spiro atoms. The van der Waals surface area contributed by atoms with Crippen molar-refractivity contribution in [2.45, 2.75) is 32.2 Å². The van der Waals surface area contributed by atoms with E-state index in [1.54, 1.807) is 12.1 Å². The lowest BCUT2D eigenvalue weighted by molar-refractivity contribution is -0.152. The van der Waals surface area contributed by atoms with E-state index in [0.29, 0.717) is 18.5 Å². The van der Waals surface area contributed by atoms with Crippen LogP contribution in [-0.4, -0.2) is 68.3 Å². The molecule has 2 amide bonds. The summed E-state index contributed by atoms with van der Waals surface area (Å²) in [6.45, 7) is 1.54. The molecule has 8 nitrogen and oxygen atoms in total. The lowest BCUT2D eigenvalue weighted by atomic mass is 10.0. The second-order valence-corrected chi connectivity index (χ2v) is 10.5. The zero-order valence-electron chi connectivity index (χ0n) is 19.2. The van der Waals surface area contributed by atoms with E-state index in [2.05, 4.69) is 5.32 Å². The Kier molecular flexibility index (Phi) is 8.81. The van der Waals surface area contributed by atoms with Crippen LogP contribution in [0, 0.1) is 0 Å². The molecule has 0 radical (unpaired) electrons. The smallest absolute Gasteiger partial charge is 0.325 e. The van der Waals surface area contributed by atoms with Gasteiger partial charge in [-0.25, -0.2) is 8.42 Å². The number of nitrogens with one attached hydrogen (secondary N) is 1. The summed E-state index contributed by atoms with van der Waals surface area (Å²) in [6, 6.07) is 16.4. The summed E-state index contributed by atoms with van der Waals surface area (Å²) in [7, 11) is -3.14. The monoisotopic (exact) mass is 486 g/mol. The average Bonchev–Trinajstić information content (AvgIpc) is 3.21. The van der Waals surface area contributed by atoms with Gasteiger partial charge >= 0.3 is 5.97 Å². The van der Waals surface area contributed by atoms with E-state index >= 15 is 0 Å². The van der Waals surface area contributed by atoms with E-state index in [-0.39, 0.29) is 24.1 Å². The summed E-state index contributed by atoms with van der Waals surface area (Å²) in [5.74, 6) is -1.59. The van der Waals surface area contributed by atoms with Crippen molar-refractivity contribution in [3.63, 3.8) is 0 Å². The maximum atomic E-state index is 12.6. The highest BCUT2D eigenvalue weighted by molar-refractivity contribution is 7.91. The highest BCUT2D eigenvalue weighted by Crippen LogP contribution is 2.20. The van der Waals surface area contributed by atoms with Crippen LogP contribution in [0.4, 0.5) is 0 Å². The van der Waals surface area contributed by atoms with Crippen molar-refractivity contribution in [2.24, 2.45) is 0 Å². The molecule has 1 aliphatic rings. The number of ether oxygens (including phenoxy) is 1. The number of carbonyl (C=O) groups excluding carboxylic acids is 3. The van der Waals surface area contributed by atoms with Crippen LogP contribution in [0.15, 0.2) is 54.6 Å². The Hall–Kier alpha value is -3.20. The topological polar surface area (TPSA) is 110 Å². The average molecular weight is 487 g/mol. The van der Waals surface area contributed by atoms with Crippen molar-refractivity contribution in [3.05, 3.63) is 60.2 Å². The first kappa shape index (κ1) is 25.4. The fourth-order valence-electron chi connectivity index (χ4n) is 3.84.